The first-order valence-electron chi connectivity index (χ1n) is 8.21. The van der Waals surface area contributed by atoms with Gasteiger partial charge in [-0.05, 0) is 49.8 Å². The Morgan fingerprint density at radius 2 is 1.87 bits per heavy atom. The Kier molecular flexibility index (Phi) is 5.09. The maximum absolute atomic E-state index is 4.25. The molecule has 0 saturated heterocycles. The van der Waals surface area contributed by atoms with Gasteiger partial charge in [0.15, 0.2) is 0 Å². The van der Waals surface area contributed by atoms with Crippen LogP contribution < -0.4 is 4.90 Å². The molecule has 1 aliphatic rings. The van der Waals surface area contributed by atoms with Crippen molar-refractivity contribution in [2.45, 2.75) is 18.2 Å². The van der Waals surface area contributed by atoms with E-state index >= 15 is 0 Å². The molecule has 0 fully saturated rings. The summed E-state index contributed by atoms with van der Waals surface area (Å²) in [6.45, 7) is 9.70. The first-order chi connectivity index (χ1) is 11.2. The lowest BCUT2D eigenvalue weighted by Gasteiger charge is -2.22. The third kappa shape index (κ3) is 3.62. The lowest BCUT2D eigenvalue weighted by molar-refractivity contribution is 0.349. The van der Waals surface area contributed by atoms with Crippen LogP contribution in [-0.4, -0.2) is 31.6 Å². The van der Waals surface area contributed by atoms with E-state index in [1.807, 2.05) is 0 Å². The lowest BCUT2D eigenvalue weighted by Crippen LogP contribution is -2.25. The van der Waals surface area contributed by atoms with Gasteiger partial charge in [0.25, 0.3) is 0 Å². The van der Waals surface area contributed by atoms with E-state index < -0.39 is 0 Å². The molecule has 1 aliphatic heterocycles. The summed E-state index contributed by atoms with van der Waals surface area (Å²) in [4.78, 5) is 6.04. The summed E-state index contributed by atoms with van der Waals surface area (Å²) >= 11 is 1.79. The van der Waals surface area contributed by atoms with Crippen LogP contribution in [0.1, 0.15) is 13.3 Å². The van der Waals surface area contributed by atoms with Gasteiger partial charge in [-0.25, -0.2) is 0 Å². The zero-order valence-corrected chi connectivity index (χ0v) is 14.8. The average Bonchev–Trinajstić information content (AvgIpc) is 2.90. The molecule has 0 bridgehead atoms. The summed E-state index contributed by atoms with van der Waals surface area (Å²) < 4.78 is 0. The summed E-state index contributed by atoms with van der Waals surface area (Å²) in [6.07, 6.45) is 1.15. The molecule has 0 unspecified atom stereocenters. The van der Waals surface area contributed by atoms with Gasteiger partial charge in [-0.15, -0.1) is 0 Å². The summed E-state index contributed by atoms with van der Waals surface area (Å²) in [5.41, 5.74) is 3.85. The second-order valence-electron chi connectivity index (χ2n) is 5.95. The highest BCUT2D eigenvalue weighted by atomic mass is 32.2. The molecule has 23 heavy (non-hydrogen) atoms. The Balaban J connectivity index is 1.79. The molecule has 1 heterocycles. The molecule has 0 atom stereocenters. The van der Waals surface area contributed by atoms with Gasteiger partial charge in [0.1, 0.15) is 0 Å². The normalized spacial score (nSPS) is 13.7. The van der Waals surface area contributed by atoms with Crippen LogP contribution in [0, 0.1) is 0 Å². The molecule has 0 N–H and O–H groups in total. The van der Waals surface area contributed by atoms with Crippen molar-refractivity contribution in [2.75, 3.05) is 31.6 Å². The maximum atomic E-state index is 4.25. The van der Waals surface area contributed by atoms with Crippen molar-refractivity contribution in [3.8, 4) is 11.1 Å². The highest BCUT2D eigenvalue weighted by molar-refractivity contribution is 8.03. The minimum absolute atomic E-state index is 1.03. The number of nitrogens with zero attached hydrogens (tertiary/aromatic N) is 2. The quantitative estimate of drug-likeness (QED) is 0.732. The fraction of sp³-hybridized carbons (Fsp3) is 0.300. The second kappa shape index (κ2) is 7.24. The predicted octanol–water partition coefficient (Wildman–Crippen LogP) is 5.08. The zero-order chi connectivity index (χ0) is 16.2. The number of rotatable bonds is 6. The minimum Gasteiger partial charge on any atom is -0.335 e. The van der Waals surface area contributed by atoms with E-state index in [4.69, 9.17) is 0 Å². The fourth-order valence-corrected chi connectivity index (χ4v) is 3.81. The van der Waals surface area contributed by atoms with Crippen LogP contribution >= 0.6 is 11.8 Å². The lowest BCUT2D eigenvalue weighted by atomic mass is 10.0. The smallest absolute Gasteiger partial charge is 0.0728 e. The monoisotopic (exact) mass is 324 g/mol. The Hall–Kier alpha value is -1.71. The van der Waals surface area contributed by atoms with Crippen molar-refractivity contribution in [1.29, 1.82) is 0 Å². The molecular formula is C20H24N2S. The molecule has 0 radical (unpaired) electrons. The van der Waals surface area contributed by atoms with Crippen molar-refractivity contribution in [3.63, 3.8) is 0 Å². The minimum atomic E-state index is 1.03. The van der Waals surface area contributed by atoms with Crippen LogP contribution in [0.2, 0.25) is 0 Å². The molecule has 0 amide bonds. The Labute approximate surface area is 143 Å². The third-order valence-electron chi connectivity index (χ3n) is 4.35. The van der Waals surface area contributed by atoms with Crippen LogP contribution in [0.4, 0.5) is 5.69 Å². The van der Waals surface area contributed by atoms with Crippen LogP contribution in [0.3, 0.4) is 0 Å². The average molecular weight is 324 g/mol. The van der Waals surface area contributed by atoms with E-state index in [9.17, 15) is 0 Å². The summed E-state index contributed by atoms with van der Waals surface area (Å²) in [5.74, 6) is 0. The van der Waals surface area contributed by atoms with Gasteiger partial charge >= 0.3 is 0 Å². The SMILES string of the molecule is C=C1Sc2ccc(-c3ccccc3)cc2N1CCCN(C)CC. The van der Waals surface area contributed by atoms with Gasteiger partial charge in [-0.3, -0.25) is 0 Å². The first-order valence-corrected chi connectivity index (χ1v) is 9.03. The van der Waals surface area contributed by atoms with E-state index in [0.717, 1.165) is 31.1 Å². The van der Waals surface area contributed by atoms with Crippen LogP contribution in [0.15, 0.2) is 65.0 Å². The standard InChI is InChI=1S/C20H24N2S/c1-4-21(3)13-8-14-22-16(2)23-20-12-11-18(15-19(20)22)17-9-6-5-7-10-17/h5-7,9-12,15H,2,4,8,13-14H2,1,3H3. The second-order valence-corrected chi connectivity index (χ2v) is 7.06. The van der Waals surface area contributed by atoms with Crippen molar-refractivity contribution in [2.24, 2.45) is 0 Å². The van der Waals surface area contributed by atoms with Crippen molar-refractivity contribution >= 4 is 17.4 Å². The molecule has 2 aromatic carbocycles. The van der Waals surface area contributed by atoms with E-state index in [2.05, 4.69) is 78.9 Å². The van der Waals surface area contributed by atoms with Gasteiger partial charge in [0.05, 0.1) is 10.7 Å². The fourth-order valence-electron chi connectivity index (χ4n) is 2.84. The molecule has 0 aromatic heterocycles. The summed E-state index contributed by atoms with van der Waals surface area (Å²) in [7, 11) is 2.18. The van der Waals surface area contributed by atoms with Gasteiger partial charge < -0.3 is 9.80 Å². The van der Waals surface area contributed by atoms with Crippen LogP contribution in [-0.2, 0) is 0 Å². The number of hydrogen-bond donors (Lipinski definition) is 0. The van der Waals surface area contributed by atoms with Crippen molar-refractivity contribution in [3.05, 3.63) is 60.1 Å². The van der Waals surface area contributed by atoms with Gasteiger partial charge in [0.2, 0.25) is 0 Å². The molecule has 3 heteroatoms. The first kappa shape index (κ1) is 16.2. The van der Waals surface area contributed by atoms with Crippen LogP contribution in [0.25, 0.3) is 11.1 Å². The number of hydrogen-bond acceptors (Lipinski definition) is 3. The number of thioether (sulfide) groups is 1. The van der Waals surface area contributed by atoms with Crippen LogP contribution in [0.5, 0.6) is 0 Å². The number of anilines is 1. The maximum Gasteiger partial charge on any atom is 0.0728 e. The van der Waals surface area contributed by atoms with Crippen molar-refractivity contribution in [1.82, 2.24) is 4.90 Å². The Morgan fingerprint density at radius 1 is 1.09 bits per heavy atom. The molecule has 2 aromatic rings. The highest BCUT2D eigenvalue weighted by Gasteiger charge is 2.23. The summed E-state index contributed by atoms with van der Waals surface area (Å²) in [6, 6.07) is 17.3. The molecule has 3 rings (SSSR count). The van der Waals surface area contributed by atoms with Gasteiger partial charge in [0, 0.05) is 11.4 Å². The van der Waals surface area contributed by atoms with E-state index in [1.54, 1.807) is 11.8 Å². The largest absolute Gasteiger partial charge is 0.335 e. The highest BCUT2D eigenvalue weighted by Crippen LogP contribution is 2.46. The van der Waals surface area contributed by atoms with E-state index in [-0.39, 0.29) is 0 Å². The number of benzene rings is 2. The number of fused-ring (bicyclic) bond motifs is 1. The molecule has 0 saturated carbocycles. The Bertz CT molecular complexity index is 681. The zero-order valence-electron chi connectivity index (χ0n) is 14.0. The third-order valence-corrected chi connectivity index (χ3v) is 5.37. The molecule has 0 aliphatic carbocycles. The molecular weight excluding hydrogens is 300 g/mol. The van der Waals surface area contributed by atoms with E-state index in [0.29, 0.717) is 0 Å². The summed E-state index contributed by atoms with van der Waals surface area (Å²) in [5, 5.41) is 1.14. The van der Waals surface area contributed by atoms with Crippen molar-refractivity contribution < 1.29 is 0 Å². The van der Waals surface area contributed by atoms with E-state index in [1.165, 1.54) is 21.7 Å². The molecule has 120 valence electrons. The molecule has 0 spiro atoms. The van der Waals surface area contributed by atoms with Gasteiger partial charge in [-0.1, -0.05) is 61.7 Å². The van der Waals surface area contributed by atoms with Gasteiger partial charge in [-0.2, -0.15) is 0 Å². The predicted molar refractivity (Wildman–Crippen MR) is 102 cm³/mol. The topological polar surface area (TPSA) is 6.48 Å². The molecule has 2 nitrogen and oxygen atoms in total. The Morgan fingerprint density at radius 3 is 2.61 bits per heavy atom.